The molecule has 0 spiro atoms. The van der Waals surface area contributed by atoms with Crippen molar-refractivity contribution in [3.05, 3.63) is 35.6 Å². The van der Waals surface area contributed by atoms with Gasteiger partial charge in [-0.3, -0.25) is 0 Å². The monoisotopic (exact) mass is 262 g/mol. The van der Waals surface area contributed by atoms with Crippen molar-refractivity contribution in [2.75, 3.05) is 13.7 Å². The Hall–Kier alpha value is -1.95. The second-order valence-electron chi connectivity index (χ2n) is 4.99. The molecule has 0 bridgehead atoms. The molecule has 6 heteroatoms. The van der Waals surface area contributed by atoms with Crippen LogP contribution in [0.25, 0.3) is 0 Å². The van der Waals surface area contributed by atoms with E-state index in [2.05, 4.69) is 15.1 Å². The van der Waals surface area contributed by atoms with Gasteiger partial charge in [-0.25, -0.2) is 4.98 Å². The smallest absolute Gasteiger partial charge is 0.233 e. The zero-order chi connectivity index (χ0) is 13.9. The number of aromatic nitrogens is 3. The maximum Gasteiger partial charge on any atom is 0.233 e. The summed E-state index contributed by atoms with van der Waals surface area (Å²) in [6.07, 6.45) is 2.31. The molecule has 0 aliphatic rings. The van der Waals surface area contributed by atoms with E-state index in [1.165, 1.54) is 0 Å². The summed E-state index contributed by atoms with van der Waals surface area (Å²) in [5, 5.41) is 3.97. The van der Waals surface area contributed by atoms with Gasteiger partial charge in [0.1, 0.15) is 0 Å². The fourth-order valence-electron chi connectivity index (χ4n) is 1.51. The fourth-order valence-corrected chi connectivity index (χ4v) is 1.51. The second-order valence-corrected chi connectivity index (χ2v) is 4.99. The highest BCUT2D eigenvalue weighted by atomic mass is 16.5. The molecule has 2 rings (SSSR count). The first-order valence-corrected chi connectivity index (χ1v) is 6.07. The van der Waals surface area contributed by atoms with Crippen LogP contribution in [0.2, 0.25) is 0 Å². The van der Waals surface area contributed by atoms with Crippen molar-refractivity contribution in [3.63, 3.8) is 0 Å². The van der Waals surface area contributed by atoms with Crippen LogP contribution in [0, 0.1) is 0 Å². The average molecular weight is 262 g/mol. The van der Waals surface area contributed by atoms with E-state index in [9.17, 15) is 0 Å². The molecule has 19 heavy (non-hydrogen) atoms. The van der Waals surface area contributed by atoms with E-state index >= 15 is 0 Å². The summed E-state index contributed by atoms with van der Waals surface area (Å²) in [6.45, 7) is 4.40. The number of methoxy groups -OCH3 is 1. The molecule has 0 fully saturated rings. The van der Waals surface area contributed by atoms with E-state index < -0.39 is 0 Å². The van der Waals surface area contributed by atoms with Gasteiger partial charge in [0.2, 0.25) is 11.8 Å². The lowest BCUT2D eigenvalue weighted by Crippen LogP contribution is -2.28. The molecule has 2 heterocycles. The predicted molar refractivity (Wildman–Crippen MR) is 70.0 cm³/mol. The van der Waals surface area contributed by atoms with Gasteiger partial charge in [0, 0.05) is 25.2 Å². The molecule has 0 aliphatic heterocycles. The second kappa shape index (κ2) is 5.36. The van der Waals surface area contributed by atoms with E-state index in [-0.39, 0.29) is 5.41 Å². The van der Waals surface area contributed by atoms with E-state index in [4.69, 9.17) is 15.0 Å². The van der Waals surface area contributed by atoms with Crippen molar-refractivity contribution >= 4 is 0 Å². The molecule has 6 nitrogen and oxygen atoms in total. The van der Waals surface area contributed by atoms with Crippen LogP contribution in [0.15, 0.2) is 22.9 Å². The quantitative estimate of drug-likeness (QED) is 0.874. The van der Waals surface area contributed by atoms with Gasteiger partial charge in [-0.05, 0) is 19.4 Å². The summed E-state index contributed by atoms with van der Waals surface area (Å²) in [6, 6.07) is 3.73. The highest BCUT2D eigenvalue weighted by Crippen LogP contribution is 2.20. The maximum atomic E-state index is 5.68. The van der Waals surface area contributed by atoms with Gasteiger partial charge in [0.15, 0.2) is 5.82 Å². The molecule has 0 amide bonds. The maximum absolute atomic E-state index is 5.68. The largest absolute Gasteiger partial charge is 0.481 e. The molecule has 0 atom stereocenters. The molecule has 102 valence electrons. The lowest BCUT2D eigenvalue weighted by Gasteiger charge is -2.15. The van der Waals surface area contributed by atoms with Gasteiger partial charge in [0.05, 0.1) is 12.5 Å². The van der Waals surface area contributed by atoms with Crippen molar-refractivity contribution in [1.82, 2.24) is 15.1 Å². The van der Waals surface area contributed by atoms with Crippen LogP contribution in [-0.4, -0.2) is 28.8 Å². The van der Waals surface area contributed by atoms with Crippen LogP contribution in [0.5, 0.6) is 5.88 Å². The first-order valence-electron chi connectivity index (χ1n) is 6.07. The van der Waals surface area contributed by atoms with Crippen molar-refractivity contribution in [3.8, 4) is 5.88 Å². The van der Waals surface area contributed by atoms with Gasteiger partial charge in [-0.15, -0.1) is 0 Å². The third-order valence-electron chi connectivity index (χ3n) is 2.93. The fraction of sp³-hybridized carbons (Fsp3) is 0.462. The molecule has 0 unspecified atom stereocenters. The zero-order valence-electron chi connectivity index (χ0n) is 11.4. The van der Waals surface area contributed by atoms with Gasteiger partial charge in [-0.2, -0.15) is 4.98 Å². The summed E-state index contributed by atoms with van der Waals surface area (Å²) in [4.78, 5) is 8.51. The Labute approximate surface area is 112 Å². The lowest BCUT2D eigenvalue weighted by molar-refractivity contribution is 0.309. The summed E-state index contributed by atoms with van der Waals surface area (Å²) < 4.78 is 10.3. The van der Waals surface area contributed by atoms with Crippen LogP contribution >= 0.6 is 0 Å². The SMILES string of the molecule is COc1ccc(Cc2noc(C(C)(C)CN)n2)cn1. The Balaban J connectivity index is 2.11. The minimum Gasteiger partial charge on any atom is -0.481 e. The van der Waals surface area contributed by atoms with Crippen LogP contribution in [0.4, 0.5) is 0 Å². The topological polar surface area (TPSA) is 87.1 Å². The number of hydrogen-bond donors (Lipinski definition) is 1. The Morgan fingerprint density at radius 2 is 2.16 bits per heavy atom. The van der Waals surface area contributed by atoms with Crippen molar-refractivity contribution in [2.24, 2.45) is 5.73 Å². The lowest BCUT2D eigenvalue weighted by atomic mass is 9.94. The van der Waals surface area contributed by atoms with Crippen molar-refractivity contribution in [1.29, 1.82) is 0 Å². The van der Waals surface area contributed by atoms with Crippen molar-refractivity contribution < 1.29 is 9.26 Å². The predicted octanol–water partition coefficient (Wildman–Crippen LogP) is 1.30. The van der Waals surface area contributed by atoms with Crippen LogP contribution in [0.3, 0.4) is 0 Å². The van der Waals surface area contributed by atoms with E-state index in [1.54, 1.807) is 19.4 Å². The van der Waals surface area contributed by atoms with Crippen molar-refractivity contribution in [2.45, 2.75) is 25.7 Å². The minimum atomic E-state index is -0.302. The molecule has 2 aromatic heterocycles. The van der Waals surface area contributed by atoms with E-state index in [0.29, 0.717) is 30.6 Å². The molecule has 0 aliphatic carbocycles. The van der Waals surface area contributed by atoms with Gasteiger partial charge in [-0.1, -0.05) is 11.2 Å². The summed E-state index contributed by atoms with van der Waals surface area (Å²) in [5.41, 5.74) is 6.38. The van der Waals surface area contributed by atoms with Gasteiger partial charge >= 0.3 is 0 Å². The third-order valence-corrected chi connectivity index (χ3v) is 2.93. The minimum absolute atomic E-state index is 0.302. The van der Waals surface area contributed by atoms with Crippen LogP contribution in [0.1, 0.15) is 31.1 Å². The Morgan fingerprint density at radius 1 is 1.37 bits per heavy atom. The molecule has 2 aromatic rings. The molecule has 0 aromatic carbocycles. The molecule has 2 N–H and O–H groups in total. The molecular weight excluding hydrogens is 244 g/mol. The summed E-state index contributed by atoms with van der Waals surface area (Å²) >= 11 is 0. The van der Waals surface area contributed by atoms with E-state index in [0.717, 1.165) is 5.56 Å². The van der Waals surface area contributed by atoms with Gasteiger partial charge in [0.25, 0.3) is 0 Å². The first kappa shape index (κ1) is 13.5. The highest BCUT2D eigenvalue weighted by Gasteiger charge is 2.25. The van der Waals surface area contributed by atoms with Crippen LogP contribution < -0.4 is 10.5 Å². The summed E-state index contributed by atoms with van der Waals surface area (Å²) in [7, 11) is 1.59. The van der Waals surface area contributed by atoms with Gasteiger partial charge < -0.3 is 15.0 Å². The molecular formula is C13H18N4O2. The number of pyridine rings is 1. The number of ether oxygens (including phenoxy) is 1. The summed E-state index contributed by atoms with van der Waals surface area (Å²) in [5.74, 6) is 1.77. The number of rotatable bonds is 5. The van der Waals surface area contributed by atoms with E-state index in [1.807, 2.05) is 19.9 Å². The Morgan fingerprint density at radius 3 is 2.74 bits per heavy atom. The standard InChI is InChI=1S/C13H18N4O2/c1-13(2,8-14)12-16-10(17-19-12)6-9-4-5-11(18-3)15-7-9/h4-5,7H,6,8,14H2,1-3H3. The molecule has 0 saturated carbocycles. The molecule has 0 radical (unpaired) electrons. The Kier molecular flexibility index (Phi) is 3.80. The number of nitrogens with zero attached hydrogens (tertiary/aromatic N) is 3. The number of hydrogen-bond acceptors (Lipinski definition) is 6. The third kappa shape index (κ3) is 3.08. The zero-order valence-corrected chi connectivity index (χ0v) is 11.4. The van der Waals surface area contributed by atoms with Crippen LogP contribution in [-0.2, 0) is 11.8 Å². The average Bonchev–Trinajstić information content (AvgIpc) is 2.89. The highest BCUT2D eigenvalue weighted by molar-refractivity contribution is 5.20. The number of nitrogens with two attached hydrogens (primary N) is 1. The normalized spacial score (nSPS) is 11.6. The Bertz CT molecular complexity index is 534. The molecule has 0 saturated heterocycles. The first-order chi connectivity index (χ1) is 9.05.